The normalized spacial score (nSPS) is 15.8. The molecular formula is C23H36IN5. The Kier molecular flexibility index (Phi) is 8.99. The molecule has 0 unspecified atom stereocenters. The molecule has 29 heavy (non-hydrogen) atoms. The lowest BCUT2D eigenvalue weighted by Gasteiger charge is -2.28. The number of benzene rings is 1. The molecule has 2 N–H and O–H groups in total. The largest absolute Gasteiger partial charge is 0.357 e. The van der Waals surface area contributed by atoms with Gasteiger partial charge in [0.1, 0.15) is 0 Å². The molecule has 6 heteroatoms. The van der Waals surface area contributed by atoms with Crippen molar-refractivity contribution in [3.05, 3.63) is 52.8 Å². The van der Waals surface area contributed by atoms with Gasteiger partial charge in [-0.2, -0.15) is 5.10 Å². The lowest BCUT2D eigenvalue weighted by molar-refractivity contribution is 0.452. The Hall–Kier alpha value is -1.57. The maximum absolute atomic E-state index is 5.00. The Morgan fingerprint density at radius 1 is 1.14 bits per heavy atom. The molecule has 1 saturated carbocycles. The summed E-state index contributed by atoms with van der Waals surface area (Å²) in [5.74, 6) is 0.920. The van der Waals surface area contributed by atoms with Crippen molar-refractivity contribution in [2.45, 2.75) is 58.3 Å². The van der Waals surface area contributed by atoms with Gasteiger partial charge in [0, 0.05) is 31.2 Å². The highest BCUT2D eigenvalue weighted by Crippen LogP contribution is 2.41. The number of nitrogens with zero attached hydrogens (tertiary/aromatic N) is 3. The number of hydrogen-bond acceptors (Lipinski definition) is 2. The molecule has 1 aliphatic carbocycles. The van der Waals surface area contributed by atoms with Crippen LogP contribution in [0.2, 0.25) is 0 Å². The van der Waals surface area contributed by atoms with Gasteiger partial charge in [0.05, 0.1) is 12.2 Å². The predicted molar refractivity (Wildman–Crippen MR) is 132 cm³/mol. The quantitative estimate of drug-likeness (QED) is 0.333. The summed E-state index contributed by atoms with van der Waals surface area (Å²) in [7, 11) is 2.01. The maximum Gasteiger partial charge on any atom is 0.191 e. The van der Waals surface area contributed by atoms with E-state index in [1.165, 1.54) is 42.5 Å². The van der Waals surface area contributed by atoms with Gasteiger partial charge in [-0.05, 0) is 51.2 Å². The summed E-state index contributed by atoms with van der Waals surface area (Å²) in [4.78, 5) is 5.00. The monoisotopic (exact) mass is 509 g/mol. The average molecular weight is 509 g/mol. The van der Waals surface area contributed by atoms with Crippen molar-refractivity contribution < 1.29 is 0 Å². The molecule has 0 atom stereocenters. The fourth-order valence-corrected chi connectivity index (χ4v) is 4.44. The third-order valence-electron chi connectivity index (χ3n) is 6.16. The summed E-state index contributed by atoms with van der Waals surface area (Å²) in [5.41, 5.74) is 5.34. The standard InChI is InChI=1S/C23H35N5.HI/c1-5-24-22(25-16-13-21-18(2)27-28(4)19(21)3)26-17-23(14-9-10-15-23)20-11-7-6-8-12-20;/h6-8,11-12H,5,9-10,13-17H2,1-4H3,(H2,24,25,26);1H. The SMILES string of the molecule is CCNC(=NCC1(c2ccccc2)CCCC1)NCCc1c(C)nn(C)c1C.I. The molecule has 3 rings (SSSR count). The highest BCUT2D eigenvalue weighted by molar-refractivity contribution is 14.0. The van der Waals surface area contributed by atoms with Crippen LogP contribution in [0.25, 0.3) is 0 Å². The summed E-state index contributed by atoms with van der Waals surface area (Å²) in [6.45, 7) is 8.92. The van der Waals surface area contributed by atoms with E-state index in [2.05, 4.69) is 66.8 Å². The first-order chi connectivity index (χ1) is 13.6. The van der Waals surface area contributed by atoms with Gasteiger partial charge in [0.25, 0.3) is 0 Å². The van der Waals surface area contributed by atoms with Gasteiger partial charge in [0.2, 0.25) is 0 Å². The maximum atomic E-state index is 5.00. The van der Waals surface area contributed by atoms with Gasteiger partial charge >= 0.3 is 0 Å². The first kappa shape index (κ1) is 23.7. The van der Waals surface area contributed by atoms with Crippen LogP contribution in [0.4, 0.5) is 0 Å². The van der Waals surface area contributed by atoms with Crippen LogP contribution < -0.4 is 10.6 Å². The fraction of sp³-hybridized carbons (Fsp3) is 0.565. The summed E-state index contributed by atoms with van der Waals surface area (Å²) < 4.78 is 1.97. The van der Waals surface area contributed by atoms with E-state index in [1.807, 2.05) is 11.7 Å². The fourth-order valence-electron chi connectivity index (χ4n) is 4.44. The molecular weight excluding hydrogens is 473 g/mol. The van der Waals surface area contributed by atoms with Crippen molar-refractivity contribution in [1.82, 2.24) is 20.4 Å². The Labute approximate surface area is 192 Å². The van der Waals surface area contributed by atoms with E-state index in [0.717, 1.165) is 37.7 Å². The molecule has 0 aliphatic heterocycles. The van der Waals surface area contributed by atoms with Crippen LogP contribution in [0, 0.1) is 13.8 Å². The first-order valence-electron chi connectivity index (χ1n) is 10.6. The molecule has 5 nitrogen and oxygen atoms in total. The molecule has 1 fully saturated rings. The number of halogens is 1. The molecule has 0 radical (unpaired) electrons. The third-order valence-corrected chi connectivity index (χ3v) is 6.16. The van der Waals surface area contributed by atoms with Gasteiger partial charge in [-0.25, -0.2) is 0 Å². The second-order valence-electron chi connectivity index (χ2n) is 8.00. The summed E-state index contributed by atoms with van der Waals surface area (Å²) in [5, 5.41) is 11.5. The van der Waals surface area contributed by atoms with Crippen LogP contribution >= 0.6 is 24.0 Å². The number of aromatic nitrogens is 2. The number of nitrogens with one attached hydrogen (secondary N) is 2. The highest BCUT2D eigenvalue weighted by Gasteiger charge is 2.35. The van der Waals surface area contributed by atoms with Crippen LogP contribution in [-0.4, -0.2) is 35.4 Å². The van der Waals surface area contributed by atoms with E-state index in [4.69, 9.17) is 4.99 Å². The topological polar surface area (TPSA) is 54.2 Å². The second kappa shape index (κ2) is 11.0. The Morgan fingerprint density at radius 3 is 2.41 bits per heavy atom. The number of aliphatic imine (C=N–C) groups is 1. The Balaban J connectivity index is 0.00000300. The molecule has 1 heterocycles. The van der Waals surface area contributed by atoms with E-state index < -0.39 is 0 Å². The molecule has 0 saturated heterocycles. The molecule has 0 spiro atoms. The minimum atomic E-state index is 0. The predicted octanol–water partition coefficient (Wildman–Crippen LogP) is 4.26. The Morgan fingerprint density at radius 2 is 1.83 bits per heavy atom. The number of rotatable bonds is 7. The van der Waals surface area contributed by atoms with Gasteiger partial charge < -0.3 is 10.6 Å². The zero-order valence-electron chi connectivity index (χ0n) is 18.3. The van der Waals surface area contributed by atoms with E-state index >= 15 is 0 Å². The average Bonchev–Trinajstić information content (AvgIpc) is 3.28. The van der Waals surface area contributed by atoms with Crippen molar-refractivity contribution in [2.24, 2.45) is 12.0 Å². The number of aryl methyl sites for hydroxylation is 2. The second-order valence-corrected chi connectivity index (χ2v) is 8.00. The number of hydrogen-bond donors (Lipinski definition) is 2. The van der Waals surface area contributed by atoms with Gasteiger partial charge in [0.15, 0.2) is 5.96 Å². The van der Waals surface area contributed by atoms with Crippen molar-refractivity contribution >= 4 is 29.9 Å². The van der Waals surface area contributed by atoms with Crippen molar-refractivity contribution in [3.8, 4) is 0 Å². The van der Waals surface area contributed by atoms with Crippen LogP contribution in [-0.2, 0) is 18.9 Å². The molecule has 0 bridgehead atoms. The molecule has 0 amide bonds. The molecule has 1 aromatic carbocycles. The van der Waals surface area contributed by atoms with E-state index in [9.17, 15) is 0 Å². The smallest absolute Gasteiger partial charge is 0.191 e. The third kappa shape index (κ3) is 5.74. The summed E-state index contributed by atoms with van der Waals surface area (Å²) in [6.07, 6.45) is 6.02. The molecule has 1 aromatic heterocycles. The van der Waals surface area contributed by atoms with Crippen LogP contribution in [0.3, 0.4) is 0 Å². The van der Waals surface area contributed by atoms with Crippen molar-refractivity contribution in [2.75, 3.05) is 19.6 Å². The summed E-state index contributed by atoms with van der Waals surface area (Å²) >= 11 is 0. The van der Waals surface area contributed by atoms with Crippen LogP contribution in [0.1, 0.15) is 55.1 Å². The van der Waals surface area contributed by atoms with Crippen molar-refractivity contribution in [3.63, 3.8) is 0 Å². The van der Waals surface area contributed by atoms with Crippen molar-refractivity contribution in [1.29, 1.82) is 0 Å². The zero-order chi connectivity index (χ0) is 20.0. The van der Waals surface area contributed by atoms with E-state index in [0.29, 0.717) is 0 Å². The minimum Gasteiger partial charge on any atom is -0.357 e. The van der Waals surface area contributed by atoms with Gasteiger partial charge in [-0.1, -0.05) is 43.2 Å². The summed E-state index contributed by atoms with van der Waals surface area (Å²) in [6, 6.07) is 11.0. The lowest BCUT2D eigenvalue weighted by atomic mass is 9.79. The lowest BCUT2D eigenvalue weighted by Crippen LogP contribution is -2.39. The molecule has 2 aromatic rings. The molecule has 1 aliphatic rings. The first-order valence-corrected chi connectivity index (χ1v) is 10.6. The zero-order valence-corrected chi connectivity index (χ0v) is 20.6. The van der Waals surface area contributed by atoms with Crippen LogP contribution in [0.5, 0.6) is 0 Å². The molecule has 160 valence electrons. The highest BCUT2D eigenvalue weighted by atomic mass is 127. The van der Waals surface area contributed by atoms with E-state index in [-0.39, 0.29) is 29.4 Å². The van der Waals surface area contributed by atoms with Crippen LogP contribution in [0.15, 0.2) is 35.3 Å². The van der Waals surface area contributed by atoms with Gasteiger partial charge in [-0.15, -0.1) is 24.0 Å². The van der Waals surface area contributed by atoms with E-state index in [1.54, 1.807) is 0 Å². The number of guanidine groups is 1. The minimum absolute atomic E-state index is 0. The van der Waals surface area contributed by atoms with Gasteiger partial charge in [-0.3, -0.25) is 9.67 Å². The Bertz CT molecular complexity index is 791.